The molecule has 3 N–H and O–H groups in total. The first-order chi connectivity index (χ1) is 8.86. The van der Waals surface area contributed by atoms with Gasteiger partial charge in [0.05, 0.1) is 17.8 Å². The van der Waals surface area contributed by atoms with Crippen molar-refractivity contribution in [3.63, 3.8) is 0 Å². The Bertz CT molecular complexity index is 506. The first-order valence-electron chi connectivity index (χ1n) is 5.63. The van der Waals surface area contributed by atoms with E-state index in [0.717, 1.165) is 6.07 Å². The van der Waals surface area contributed by atoms with Crippen molar-refractivity contribution in [2.75, 3.05) is 25.9 Å². The van der Waals surface area contributed by atoms with Gasteiger partial charge in [-0.25, -0.2) is 8.78 Å². The molecule has 1 rings (SSSR count). The molecule has 1 aromatic carbocycles. The summed E-state index contributed by atoms with van der Waals surface area (Å²) in [5, 5.41) is 2.25. The van der Waals surface area contributed by atoms with Crippen LogP contribution in [0.4, 0.5) is 14.5 Å². The second-order valence-electron chi connectivity index (χ2n) is 3.94. The van der Waals surface area contributed by atoms with Gasteiger partial charge in [-0.1, -0.05) is 0 Å². The van der Waals surface area contributed by atoms with Gasteiger partial charge in [-0.05, 0) is 13.0 Å². The van der Waals surface area contributed by atoms with E-state index in [-0.39, 0.29) is 18.1 Å². The van der Waals surface area contributed by atoms with Crippen LogP contribution in [-0.4, -0.2) is 36.9 Å². The van der Waals surface area contributed by atoms with E-state index >= 15 is 0 Å². The summed E-state index contributed by atoms with van der Waals surface area (Å²) in [6, 6.07) is 1.43. The van der Waals surface area contributed by atoms with E-state index in [1.807, 2.05) is 0 Å². The third-order valence-electron chi connectivity index (χ3n) is 2.63. The number of carbonyl (C=O) groups is 2. The summed E-state index contributed by atoms with van der Waals surface area (Å²) in [5.74, 6) is -3.09. The number of hydrogen-bond donors (Lipinski definition) is 2. The summed E-state index contributed by atoms with van der Waals surface area (Å²) < 4.78 is 26.3. The lowest BCUT2D eigenvalue weighted by atomic mass is 10.1. The summed E-state index contributed by atoms with van der Waals surface area (Å²) in [7, 11) is 1.57. The molecule has 0 aliphatic heterocycles. The van der Waals surface area contributed by atoms with Crippen LogP contribution in [0.25, 0.3) is 0 Å². The third kappa shape index (κ3) is 3.64. The largest absolute Gasteiger partial charge is 0.396 e. The molecule has 0 atom stereocenters. The minimum Gasteiger partial charge on any atom is -0.396 e. The lowest BCUT2D eigenvalue weighted by Crippen LogP contribution is -2.38. The zero-order chi connectivity index (χ0) is 14.6. The van der Waals surface area contributed by atoms with Crippen molar-refractivity contribution in [3.05, 3.63) is 29.3 Å². The first kappa shape index (κ1) is 14.9. The number of nitrogen functional groups attached to an aromatic ring is 1. The summed E-state index contributed by atoms with van der Waals surface area (Å²) >= 11 is 0. The molecule has 2 amide bonds. The Morgan fingerprint density at radius 1 is 1.32 bits per heavy atom. The highest BCUT2D eigenvalue weighted by atomic mass is 19.1. The SMILES string of the molecule is CCN(C)C(=O)CNC(=O)c1cc(N)c(F)cc1F. The van der Waals surface area contributed by atoms with Crippen molar-refractivity contribution in [2.45, 2.75) is 6.92 Å². The van der Waals surface area contributed by atoms with Crippen LogP contribution in [0.2, 0.25) is 0 Å². The fourth-order valence-electron chi connectivity index (χ4n) is 1.30. The van der Waals surface area contributed by atoms with Gasteiger partial charge in [0.1, 0.15) is 11.6 Å². The van der Waals surface area contributed by atoms with E-state index in [9.17, 15) is 18.4 Å². The normalized spacial score (nSPS) is 10.1. The average molecular weight is 271 g/mol. The number of rotatable bonds is 4. The highest BCUT2D eigenvalue weighted by Crippen LogP contribution is 2.16. The van der Waals surface area contributed by atoms with Gasteiger partial charge < -0.3 is 16.0 Å². The van der Waals surface area contributed by atoms with Gasteiger partial charge in [-0.2, -0.15) is 0 Å². The standard InChI is InChI=1S/C12H15F2N3O2/c1-3-17(2)11(18)6-16-12(19)7-4-10(15)9(14)5-8(7)13/h4-5H,3,6,15H2,1-2H3,(H,16,19). The Morgan fingerprint density at radius 2 is 1.95 bits per heavy atom. The maximum absolute atomic E-state index is 13.4. The van der Waals surface area contributed by atoms with Gasteiger partial charge in [0.15, 0.2) is 0 Å². The van der Waals surface area contributed by atoms with Crippen molar-refractivity contribution in [3.8, 4) is 0 Å². The lowest BCUT2D eigenvalue weighted by molar-refractivity contribution is -0.128. The third-order valence-corrected chi connectivity index (χ3v) is 2.63. The van der Waals surface area contributed by atoms with Gasteiger partial charge >= 0.3 is 0 Å². The van der Waals surface area contributed by atoms with Crippen molar-refractivity contribution in [2.24, 2.45) is 0 Å². The Labute approximate surface area is 109 Å². The fraction of sp³-hybridized carbons (Fsp3) is 0.333. The molecule has 7 heteroatoms. The minimum atomic E-state index is -1.03. The van der Waals surface area contributed by atoms with Crippen molar-refractivity contribution in [1.82, 2.24) is 10.2 Å². The molecule has 0 fully saturated rings. The molecule has 0 unspecified atom stereocenters. The van der Waals surface area contributed by atoms with E-state index in [0.29, 0.717) is 12.6 Å². The van der Waals surface area contributed by atoms with Crippen LogP contribution in [0.5, 0.6) is 0 Å². The van der Waals surface area contributed by atoms with E-state index in [2.05, 4.69) is 5.32 Å². The van der Waals surface area contributed by atoms with Crippen LogP contribution in [-0.2, 0) is 4.79 Å². The number of nitrogens with zero attached hydrogens (tertiary/aromatic N) is 1. The molecule has 0 radical (unpaired) electrons. The molecule has 0 aliphatic rings. The number of nitrogens with two attached hydrogens (primary N) is 1. The molecule has 19 heavy (non-hydrogen) atoms. The number of halogens is 2. The Morgan fingerprint density at radius 3 is 2.53 bits per heavy atom. The zero-order valence-corrected chi connectivity index (χ0v) is 10.7. The summed E-state index contributed by atoms with van der Waals surface area (Å²) in [6.07, 6.45) is 0. The Hall–Kier alpha value is -2.18. The van der Waals surface area contributed by atoms with E-state index in [1.54, 1.807) is 14.0 Å². The maximum Gasteiger partial charge on any atom is 0.254 e. The molecular formula is C12H15F2N3O2. The van der Waals surface area contributed by atoms with Gasteiger partial charge in [0, 0.05) is 19.7 Å². The van der Waals surface area contributed by atoms with Crippen LogP contribution in [0, 0.1) is 11.6 Å². The molecule has 0 saturated heterocycles. The predicted octanol–water partition coefficient (Wildman–Crippen LogP) is 0.755. The second kappa shape index (κ2) is 6.12. The van der Waals surface area contributed by atoms with Crippen LogP contribution in [0.1, 0.15) is 17.3 Å². The predicted molar refractivity (Wildman–Crippen MR) is 66.4 cm³/mol. The van der Waals surface area contributed by atoms with Crippen LogP contribution in [0.3, 0.4) is 0 Å². The van der Waals surface area contributed by atoms with E-state index in [1.165, 1.54) is 4.90 Å². The number of likely N-dealkylation sites (N-methyl/N-ethyl adjacent to an activating group) is 1. The molecule has 5 nitrogen and oxygen atoms in total. The number of nitrogens with one attached hydrogen (secondary N) is 1. The number of amides is 2. The summed E-state index contributed by atoms with van der Waals surface area (Å²) in [5.41, 5.74) is 4.53. The number of carbonyl (C=O) groups excluding carboxylic acids is 2. The van der Waals surface area contributed by atoms with Crippen LogP contribution >= 0.6 is 0 Å². The molecule has 0 heterocycles. The van der Waals surface area contributed by atoms with Gasteiger partial charge in [-0.3, -0.25) is 9.59 Å². The quantitative estimate of drug-likeness (QED) is 0.794. The Balaban J connectivity index is 2.74. The van der Waals surface area contributed by atoms with E-state index in [4.69, 9.17) is 5.73 Å². The molecule has 0 spiro atoms. The Kier molecular flexibility index (Phi) is 4.80. The van der Waals surface area contributed by atoms with Gasteiger partial charge in [-0.15, -0.1) is 0 Å². The minimum absolute atomic E-state index is 0.264. The molecule has 0 aromatic heterocycles. The lowest BCUT2D eigenvalue weighted by Gasteiger charge is -2.14. The molecule has 0 bridgehead atoms. The number of benzene rings is 1. The topological polar surface area (TPSA) is 75.4 Å². The van der Waals surface area contributed by atoms with Crippen molar-refractivity contribution < 1.29 is 18.4 Å². The van der Waals surface area contributed by atoms with Gasteiger partial charge in [0.25, 0.3) is 5.91 Å². The number of anilines is 1. The second-order valence-corrected chi connectivity index (χ2v) is 3.94. The average Bonchev–Trinajstić information content (AvgIpc) is 2.38. The number of hydrogen-bond acceptors (Lipinski definition) is 3. The smallest absolute Gasteiger partial charge is 0.254 e. The highest BCUT2D eigenvalue weighted by Gasteiger charge is 2.16. The fourth-order valence-corrected chi connectivity index (χ4v) is 1.30. The summed E-state index contributed by atoms with van der Waals surface area (Å²) in [4.78, 5) is 24.5. The van der Waals surface area contributed by atoms with E-state index < -0.39 is 23.1 Å². The maximum atomic E-state index is 13.4. The monoisotopic (exact) mass is 271 g/mol. The summed E-state index contributed by atoms with van der Waals surface area (Å²) in [6.45, 7) is 2.01. The van der Waals surface area contributed by atoms with Crippen LogP contribution < -0.4 is 11.1 Å². The molecule has 1 aromatic rings. The zero-order valence-electron chi connectivity index (χ0n) is 10.7. The van der Waals surface area contributed by atoms with Crippen molar-refractivity contribution in [1.29, 1.82) is 0 Å². The molecular weight excluding hydrogens is 256 g/mol. The highest BCUT2D eigenvalue weighted by molar-refractivity contribution is 5.97. The van der Waals surface area contributed by atoms with Crippen LogP contribution in [0.15, 0.2) is 12.1 Å². The molecule has 0 saturated carbocycles. The van der Waals surface area contributed by atoms with Crippen molar-refractivity contribution >= 4 is 17.5 Å². The molecule has 0 aliphatic carbocycles. The van der Waals surface area contributed by atoms with Gasteiger partial charge in [0.2, 0.25) is 5.91 Å². The molecule has 104 valence electrons. The first-order valence-corrected chi connectivity index (χ1v) is 5.63.